The molecular formula is C9H10ClNO4S. The molecule has 1 aliphatic rings. The van der Waals surface area contributed by atoms with Crippen LogP contribution in [0.1, 0.15) is 6.42 Å². The Morgan fingerprint density at radius 2 is 1.75 bits per heavy atom. The monoisotopic (exact) mass is 263 g/mol. The lowest BCUT2D eigenvalue weighted by Crippen LogP contribution is -2.13. The molecular weight excluding hydrogens is 254 g/mol. The van der Waals surface area contributed by atoms with Crippen LogP contribution in [0.25, 0.3) is 0 Å². The molecule has 0 aliphatic carbocycles. The van der Waals surface area contributed by atoms with Crippen molar-refractivity contribution in [3.8, 4) is 11.5 Å². The number of fused-ring (bicyclic) bond motifs is 1. The van der Waals surface area contributed by atoms with Crippen LogP contribution in [0.5, 0.6) is 11.5 Å². The summed E-state index contributed by atoms with van der Waals surface area (Å²) in [5, 5.41) is 5.06. The summed E-state index contributed by atoms with van der Waals surface area (Å²) in [4.78, 5) is -0.154. The molecule has 1 aromatic rings. The highest BCUT2D eigenvalue weighted by Gasteiger charge is 2.19. The topological polar surface area (TPSA) is 78.6 Å². The SMILES string of the molecule is NS(=O)(=O)c1cc2c(cc1Cl)OCCCO2. The predicted molar refractivity (Wildman–Crippen MR) is 58.4 cm³/mol. The minimum absolute atomic E-state index is 0.0340. The average molecular weight is 264 g/mol. The van der Waals surface area contributed by atoms with Crippen LogP contribution in [0.2, 0.25) is 5.02 Å². The van der Waals surface area contributed by atoms with Crippen LogP contribution in [-0.4, -0.2) is 21.6 Å². The molecule has 0 amide bonds. The van der Waals surface area contributed by atoms with Crippen LogP contribution >= 0.6 is 11.6 Å². The first-order valence-electron chi connectivity index (χ1n) is 4.60. The molecule has 1 aromatic carbocycles. The summed E-state index contributed by atoms with van der Waals surface area (Å²) in [7, 11) is -3.85. The molecule has 0 atom stereocenters. The van der Waals surface area contributed by atoms with Crippen molar-refractivity contribution >= 4 is 21.6 Å². The second-order valence-electron chi connectivity index (χ2n) is 3.32. The summed E-state index contributed by atoms with van der Waals surface area (Å²) >= 11 is 5.80. The molecule has 16 heavy (non-hydrogen) atoms. The first-order chi connectivity index (χ1) is 7.48. The van der Waals surface area contributed by atoms with Crippen molar-refractivity contribution in [1.29, 1.82) is 0 Å². The van der Waals surface area contributed by atoms with E-state index in [4.69, 9.17) is 26.2 Å². The summed E-state index contributed by atoms with van der Waals surface area (Å²) in [6.07, 6.45) is 0.733. The Labute approximate surface area is 98.2 Å². The Balaban J connectivity index is 2.56. The summed E-state index contributed by atoms with van der Waals surface area (Å²) in [5.74, 6) is 0.792. The van der Waals surface area contributed by atoms with Gasteiger partial charge in [0.25, 0.3) is 0 Å². The summed E-state index contributed by atoms with van der Waals surface area (Å²) in [5.41, 5.74) is 0. The fourth-order valence-corrected chi connectivity index (χ4v) is 2.46. The van der Waals surface area contributed by atoms with E-state index in [0.29, 0.717) is 24.7 Å². The lowest BCUT2D eigenvalue weighted by molar-refractivity contribution is 0.297. The number of primary sulfonamides is 1. The molecule has 1 heterocycles. The Morgan fingerprint density at radius 1 is 1.19 bits per heavy atom. The maximum absolute atomic E-state index is 11.2. The highest BCUT2D eigenvalue weighted by Crippen LogP contribution is 2.36. The van der Waals surface area contributed by atoms with Gasteiger partial charge < -0.3 is 9.47 Å². The van der Waals surface area contributed by atoms with Gasteiger partial charge in [-0.25, -0.2) is 13.6 Å². The molecule has 2 N–H and O–H groups in total. The number of benzene rings is 1. The number of ether oxygens (including phenoxy) is 2. The van der Waals surface area contributed by atoms with Crippen molar-refractivity contribution in [1.82, 2.24) is 0 Å². The molecule has 0 saturated heterocycles. The van der Waals surface area contributed by atoms with Crippen molar-refractivity contribution in [3.05, 3.63) is 17.2 Å². The molecule has 0 saturated carbocycles. The van der Waals surface area contributed by atoms with E-state index >= 15 is 0 Å². The van der Waals surface area contributed by atoms with Gasteiger partial charge in [0.2, 0.25) is 10.0 Å². The van der Waals surface area contributed by atoms with Crippen LogP contribution < -0.4 is 14.6 Å². The molecule has 1 aliphatic heterocycles. The Bertz CT molecular complexity index is 514. The van der Waals surface area contributed by atoms with Crippen molar-refractivity contribution in [2.24, 2.45) is 5.14 Å². The molecule has 0 spiro atoms. The van der Waals surface area contributed by atoms with Gasteiger partial charge in [-0.05, 0) is 0 Å². The minimum Gasteiger partial charge on any atom is -0.490 e. The van der Waals surface area contributed by atoms with Crippen molar-refractivity contribution in [2.75, 3.05) is 13.2 Å². The lowest BCUT2D eigenvalue weighted by Gasteiger charge is -2.09. The van der Waals surface area contributed by atoms with Gasteiger partial charge in [0.1, 0.15) is 4.90 Å². The molecule has 0 radical (unpaired) electrons. The zero-order chi connectivity index (χ0) is 11.8. The second-order valence-corrected chi connectivity index (χ2v) is 5.26. The fourth-order valence-electron chi connectivity index (χ4n) is 1.38. The zero-order valence-electron chi connectivity index (χ0n) is 8.27. The molecule has 88 valence electrons. The summed E-state index contributed by atoms with van der Waals surface area (Å²) in [6, 6.07) is 2.69. The summed E-state index contributed by atoms with van der Waals surface area (Å²) < 4.78 is 33.1. The molecule has 2 rings (SSSR count). The van der Waals surface area contributed by atoms with E-state index in [2.05, 4.69) is 0 Å². The van der Waals surface area contributed by atoms with E-state index in [0.717, 1.165) is 6.42 Å². The van der Waals surface area contributed by atoms with Gasteiger partial charge in [0.05, 0.1) is 18.2 Å². The normalized spacial score (nSPS) is 15.6. The third-order valence-corrected chi connectivity index (χ3v) is 3.48. The van der Waals surface area contributed by atoms with E-state index in [1.807, 2.05) is 0 Å². The van der Waals surface area contributed by atoms with Crippen LogP contribution in [0.15, 0.2) is 17.0 Å². The van der Waals surface area contributed by atoms with Gasteiger partial charge in [0, 0.05) is 18.6 Å². The molecule has 5 nitrogen and oxygen atoms in total. The van der Waals surface area contributed by atoms with Crippen molar-refractivity contribution in [2.45, 2.75) is 11.3 Å². The Hall–Kier alpha value is -0.980. The van der Waals surface area contributed by atoms with Gasteiger partial charge in [0.15, 0.2) is 11.5 Å². The number of sulfonamides is 1. The van der Waals surface area contributed by atoms with E-state index < -0.39 is 10.0 Å². The molecule has 0 fully saturated rings. The molecule has 0 unspecified atom stereocenters. The van der Waals surface area contributed by atoms with E-state index in [1.165, 1.54) is 12.1 Å². The Kier molecular flexibility index (Phi) is 2.96. The third kappa shape index (κ3) is 2.23. The smallest absolute Gasteiger partial charge is 0.239 e. The quantitative estimate of drug-likeness (QED) is 0.824. The van der Waals surface area contributed by atoms with Crippen LogP contribution in [0.3, 0.4) is 0 Å². The standard InChI is InChI=1S/C9H10ClNO4S/c10-6-4-7-8(15-3-1-2-14-7)5-9(6)16(11,12)13/h4-5H,1-3H2,(H2,11,12,13). The van der Waals surface area contributed by atoms with Gasteiger partial charge in [-0.3, -0.25) is 0 Å². The maximum Gasteiger partial charge on any atom is 0.239 e. The summed E-state index contributed by atoms with van der Waals surface area (Å²) in [6.45, 7) is 0.983. The third-order valence-electron chi connectivity index (χ3n) is 2.11. The predicted octanol–water partition coefficient (Wildman–Crippen LogP) is 1.15. The molecule has 0 aromatic heterocycles. The second kappa shape index (κ2) is 4.12. The van der Waals surface area contributed by atoms with Crippen molar-refractivity contribution in [3.63, 3.8) is 0 Å². The number of hydrogen-bond acceptors (Lipinski definition) is 4. The van der Waals surface area contributed by atoms with Gasteiger partial charge in [-0.2, -0.15) is 0 Å². The van der Waals surface area contributed by atoms with Crippen LogP contribution in [-0.2, 0) is 10.0 Å². The largest absolute Gasteiger partial charge is 0.490 e. The van der Waals surface area contributed by atoms with E-state index in [9.17, 15) is 8.42 Å². The number of rotatable bonds is 1. The molecule has 7 heteroatoms. The first-order valence-corrected chi connectivity index (χ1v) is 6.53. The number of hydrogen-bond donors (Lipinski definition) is 1. The lowest BCUT2D eigenvalue weighted by atomic mass is 10.3. The van der Waals surface area contributed by atoms with Crippen LogP contribution in [0, 0.1) is 0 Å². The molecule has 0 bridgehead atoms. The number of nitrogens with two attached hydrogens (primary N) is 1. The average Bonchev–Trinajstić information content (AvgIpc) is 2.39. The highest BCUT2D eigenvalue weighted by molar-refractivity contribution is 7.89. The zero-order valence-corrected chi connectivity index (χ0v) is 9.85. The van der Waals surface area contributed by atoms with E-state index in [1.54, 1.807) is 0 Å². The van der Waals surface area contributed by atoms with Gasteiger partial charge in [-0.15, -0.1) is 0 Å². The number of halogens is 1. The van der Waals surface area contributed by atoms with Gasteiger partial charge in [-0.1, -0.05) is 11.6 Å². The Morgan fingerprint density at radius 3 is 2.31 bits per heavy atom. The minimum atomic E-state index is -3.85. The first kappa shape index (κ1) is 11.5. The fraction of sp³-hybridized carbons (Fsp3) is 0.333. The van der Waals surface area contributed by atoms with Crippen LogP contribution in [0.4, 0.5) is 0 Å². The highest BCUT2D eigenvalue weighted by atomic mass is 35.5. The van der Waals surface area contributed by atoms with Crippen molar-refractivity contribution < 1.29 is 17.9 Å². The van der Waals surface area contributed by atoms with Gasteiger partial charge >= 0.3 is 0 Å². The van der Waals surface area contributed by atoms with E-state index in [-0.39, 0.29) is 9.92 Å². The maximum atomic E-state index is 11.2.